The summed E-state index contributed by atoms with van der Waals surface area (Å²) in [5.41, 5.74) is 1.10. The van der Waals surface area contributed by atoms with Crippen molar-refractivity contribution < 1.29 is 18.7 Å². The fraction of sp³-hybridized carbons (Fsp3) is 0.389. The average molecular weight is 313 g/mol. The predicted octanol–water partition coefficient (Wildman–Crippen LogP) is 2.96. The third kappa shape index (κ3) is 2.91. The minimum Gasteiger partial charge on any atom is -0.469 e. The number of fused-ring (bicyclic) bond motifs is 1. The van der Waals surface area contributed by atoms with Gasteiger partial charge in [0.15, 0.2) is 11.5 Å². The highest BCUT2D eigenvalue weighted by molar-refractivity contribution is 5.77. The van der Waals surface area contributed by atoms with Crippen molar-refractivity contribution in [3.63, 3.8) is 0 Å². The molecular formula is C18H19NO4. The predicted molar refractivity (Wildman–Crippen MR) is 83.5 cm³/mol. The minimum absolute atomic E-state index is 0.205. The molecule has 1 aromatic heterocycles. The molecule has 1 atom stereocenters. The SMILES string of the molecule is O=C(CCc1ccc2c(c1)OCO2)N1CCC(c2ccco2)C1. The Morgan fingerprint density at radius 2 is 2.13 bits per heavy atom. The number of amides is 1. The van der Waals surface area contributed by atoms with Crippen LogP contribution in [-0.4, -0.2) is 30.7 Å². The van der Waals surface area contributed by atoms with Crippen LogP contribution in [0.4, 0.5) is 0 Å². The first kappa shape index (κ1) is 14.2. The van der Waals surface area contributed by atoms with E-state index in [4.69, 9.17) is 13.9 Å². The number of nitrogens with zero attached hydrogens (tertiary/aromatic N) is 1. The Labute approximate surface area is 134 Å². The number of rotatable bonds is 4. The number of ether oxygens (including phenoxy) is 2. The third-order valence-corrected chi connectivity index (χ3v) is 4.55. The molecule has 120 valence electrons. The minimum atomic E-state index is 0.205. The van der Waals surface area contributed by atoms with Crippen molar-refractivity contribution in [2.75, 3.05) is 19.9 Å². The maximum absolute atomic E-state index is 12.4. The van der Waals surface area contributed by atoms with Crippen LogP contribution in [0.15, 0.2) is 41.0 Å². The van der Waals surface area contributed by atoms with Gasteiger partial charge in [-0.3, -0.25) is 4.79 Å². The Hall–Kier alpha value is -2.43. The van der Waals surface area contributed by atoms with E-state index in [1.54, 1.807) is 6.26 Å². The van der Waals surface area contributed by atoms with Crippen molar-refractivity contribution in [3.05, 3.63) is 47.9 Å². The molecule has 0 N–H and O–H groups in total. The van der Waals surface area contributed by atoms with E-state index in [2.05, 4.69) is 0 Å². The zero-order chi connectivity index (χ0) is 15.6. The second-order valence-electron chi connectivity index (χ2n) is 6.03. The van der Waals surface area contributed by atoms with Crippen molar-refractivity contribution in [2.45, 2.75) is 25.2 Å². The lowest BCUT2D eigenvalue weighted by Crippen LogP contribution is -2.28. The van der Waals surface area contributed by atoms with Crippen LogP contribution in [0.25, 0.3) is 0 Å². The van der Waals surface area contributed by atoms with Gasteiger partial charge in [-0.25, -0.2) is 0 Å². The number of benzene rings is 1. The standard InChI is InChI=1S/C18H19NO4/c20-18(19-8-7-14(11-19)15-2-1-9-21-15)6-4-13-3-5-16-17(10-13)23-12-22-16/h1-3,5,9-10,14H,4,6-8,11-12H2. The summed E-state index contributed by atoms with van der Waals surface area (Å²) in [6.07, 6.45) is 3.91. The van der Waals surface area contributed by atoms with E-state index in [0.29, 0.717) is 12.3 Å². The largest absolute Gasteiger partial charge is 0.469 e. The number of likely N-dealkylation sites (tertiary alicyclic amines) is 1. The van der Waals surface area contributed by atoms with E-state index in [0.717, 1.165) is 48.8 Å². The van der Waals surface area contributed by atoms with Crippen LogP contribution >= 0.6 is 0 Å². The fourth-order valence-electron chi connectivity index (χ4n) is 3.25. The molecule has 2 aliphatic heterocycles. The molecular weight excluding hydrogens is 294 g/mol. The zero-order valence-electron chi connectivity index (χ0n) is 12.9. The van der Waals surface area contributed by atoms with Gasteiger partial charge in [0.25, 0.3) is 0 Å². The molecule has 2 aliphatic rings. The topological polar surface area (TPSA) is 51.9 Å². The lowest BCUT2D eigenvalue weighted by Gasteiger charge is -2.16. The van der Waals surface area contributed by atoms with Crippen LogP contribution in [-0.2, 0) is 11.2 Å². The molecule has 1 unspecified atom stereocenters. The highest BCUT2D eigenvalue weighted by atomic mass is 16.7. The van der Waals surface area contributed by atoms with Crippen LogP contribution in [0.1, 0.15) is 30.1 Å². The number of aryl methyl sites for hydroxylation is 1. The molecule has 5 heteroatoms. The summed E-state index contributed by atoms with van der Waals surface area (Å²) < 4.78 is 16.1. The van der Waals surface area contributed by atoms with Crippen LogP contribution in [0.2, 0.25) is 0 Å². The van der Waals surface area contributed by atoms with Gasteiger partial charge < -0.3 is 18.8 Å². The summed E-state index contributed by atoms with van der Waals surface area (Å²) in [6.45, 7) is 1.85. The van der Waals surface area contributed by atoms with Gasteiger partial charge >= 0.3 is 0 Å². The molecule has 1 fully saturated rings. The third-order valence-electron chi connectivity index (χ3n) is 4.55. The molecule has 1 saturated heterocycles. The molecule has 0 saturated carbocycles. The number of hydrogen-bond donors (Lipinski definition) is 0. The molecule has 0 bridgehead atoms. The van der Waals surface area contributed by atoms with E-state index in [1.807, 2.05) is 35.2 Å². The zero-order valence-corrected chi connectivity index (χ0v) is 12.9. The van der Waals surface area contributed by atoms with Gasteiger partial charge in [0.1, 0.15) is 5.76 Å². The molecule has 1 aromatic carbocycles. The quantitative estimate of drug-likeness (QED) is 0.871. The Bertz CT molecular complexity index is 695. The van der Waals surface area contributed by atoms with Crippen LogP contribution in [0, 0.1) is 0 Å². The Kier molecular flexibility index (Phi) is 3.69. The van der Waals surface area contributed by atoms with Gasteiger partial charge in [0.2, 0.25) is 12.7 Å². The average Bonchev–Trinajstić information content (AvgIpc) is 3.32. The van der Waals surface area contributed by atoms with E-state index in [-0.39, 0.29) is 12.7 Å². The van der Waals surface area contributed by atoms with Crippen molar-refractivity contribution in [1.29, 1.82) is 0 Å². The van der Waals surface area contributed by atoms with Crippen molar-refractivity contribution in [2.24, 2.45) is 0 Å². The van der Waals surface area contributed by atoms with Gasteiger partial charge in [-0.2, -0.15) is 0 Å². The van der Waals surface area contributed by atoms with Gasteiger partial charge in [-0.1, -0.05) is 6.07 Å². The first-order chi connectivity index (χ1) is 11.3. The summed E-state index contributed by atoms with van der Waals surface area (Å²) in [6, 6.07) is 9.76. The van der Waals surface area contributed by atoms with Crippen molar-refractivity contribution in [1.82, 2.24) is 4.90 Å². The summed E-state index contributed by atoms with van der Waals surface area (Å²) in [5.74, 6) is 3.07. The maximum atomic E-state index is 12.4. The van der Waals surface area contributed by atoms with Crippen LogP contribution in [0.5, 0.6) is 11.5 Å². The first-order valence-corrected chi connectivity index (χ1v) is 7.99. The Balaban J connectivity index is 1.32. The van der Waals surface area contributed by atoms with Crippen molar-refractivity contribution in [3.8, 4) is 11.5 Å². The second kappa shape index (κ2) is 5.99. The summed E-state index contributed by atoms with van der Waals surface area (Å²) in [7, 11) is 0. The highest BCUT2D eigenvalue weighted by Crippen LogP contribution is 2.33. The highest BCUT2D eigenvalue weighted by Gasteiger charge is 2.28. The van der Waals surface area contributed by atoms with Gasteiger partial charge in [-0.15, -0.1) is 0 Å². The lowest BCUT2D eigenvalue weighted by molar-refractivity contribution is -0.130. The lowest BCUT2D eigenvalue weighted by atomic mass is 10.1. The van der Waals surface area contributed by atoms with E-state index < -0.39 is 0 Å². The van der Waals surface area contributed by atoms with Crippen molar-refractivity contribution >= 4 is 5.91 Å². The maximum Gasteiger partial charge on any atom is 0.231 e. The summed E-state index contributed by atoms with van der Waals surface area (Å²) in [4.78, 5) is 14.4. The van der Waals surface area contributed by atoms with E-state index in [9.17, 15) is 4.79 Å². The van der Waals surface area contributed by atoms with Gasteiger partial charge in [0.05, 0.1) is 6.26 Å². The van der Waals surface area contributed by atoms with Gasteiger partial charge in [-0.05, 0) is 42.7 Å². The molecule has 2 aromatic rings. The molecule has 0 radical (unpaired) electrons. The van der Waals surface area contributed by atoms with Crippen LogP contribution < -0.4 is 9.47 Å². The number of hydrogen-bond acceptors (Lipinski definition) is 4. The number of furan rings is 1. The van der Waals surface area contributed by atoms with Gasteiger partial charge in [0, 0.05) is 25.4 Å². The normalized spacial score (nSPS) is 19.3. The summed E-state index contributed by atoms with van der Waals surface area (Å²) in [5, 5.41) is 0. The Morgan fingerprint density at radius 1 is 1.22 bits per heavy atom. The molecule has 3 heterocycles. The molecule has 0 aliphatic carbocycles. The monoisotopic (exact) mass is 313 g/mol. The second-order valence-corrected chi connectivity index (χ2v) is 6.03. The molecule has 5 nitrogen and oxygen atoms in total. The van der Waals surface area contributed by atoms with E-state index in [1.165, 1.54) is 0 Å². The fourth-order valence-corrected chi connectivity index (χ4v) is 3.25. The Morgan fingerprint density at radius 3 is 3.00 bits per heavy atom. The smallest absolute Gasteiger partial charge is 0.231 e. The molecule has 23 heavy (non-hydrogen) atoms. The first-order valence-electron chi connectivity index (χ1n) is 7.99. The number of carbonyl (C=O) groups excluding carboxylic acids is 1. The molecule has 1 amide bonds. The summed E-state index contributed by atoms with van der Waals surface area (Å²) >= 11 is 0. The van der Waals surface area contributed by atoms with E-state index >= 15 is 0 Å². The van der Waals surface area contributed by atoms with Crippen LogP contribution in [0.3, 0.4) is 0 Å². The molecule has 4 rings (SSSR count). The number of carbonyl (C=O) groups is 1. The molecule has 0 spiro atoms.